The molecule has 0 spiro atoms. The van der Waals surface area contributed by atoms with Crippen molar-refractivity contribution >= 4 is 22.2 Å². The van der Waals surface area contributed by atoms with Gasteiger partial charge in [-0.2, -0.15) is 21.6 Å². The van der Waals surface area contributed by atoms with Gasteiger partial charge in [-0.25, -0.2) is 0 Å². The second-order valence-electron chi connectivity index (χ2n) is 2.75. The zero-order chi connectivity index (χ0) is 12.4. The molecule has 5 nitrogen and oxygen atoms in total. The van der Waals surface area contributed by atoms with E-state index in [0.29, 0.717) is 6.92 Å². The van der Waals surface area contributed by atoms with Gasteiger partial charge in [-0.15, -0.1) is 0 Å². The van der Waals surface area contributed by atoms with Crippen molar-refractivity contribution in [1.29, 1.82) is 0 Å². The second kappa shape index (κ2) is 4.27. The number of halogens is 3. The fourth-order valence-corrected chi connectivity index (χ4v) is 1.98. The first-order valence-corrected chi connectivity index (χ1v) is 5.01. The molecule has 0 aromatic rings. The van der Waals surface area contributed by atoms with Crippen LogP contribution in [0.15, 0.2) is 0 Å². The molecule has 0 bridgehead atoms. The summed E-state index contributed by atoms with van der Waals surface area (Å²) in [6.07, 6.45) is -5.92. The Morgan fingerprint density at radius 1 is 1.40 bits per heavy atom. The molecule has 0 aromatic carbocycles. The Kier molecular flexibility index (Phi) is 4.00. The Bertz CT molecular complexity index is 357. The zero-order valence-electron chi connectivity index (χ0n) is 7.35. The highest BCUT2D eigenvalue weighted by Gasteiger charge is 2.51. The molecule has 0 rings (SSSR count). The van der Waals surface area contributed by atoms with Gasteiger partial charge in [0.15, 0.2) is 11.0 Å². The first-order chi connectivity index (χ1) is 6.51. The highest BCUT2D eigenvalue weighted by atomic mass is 32.2. The number of aldehydes is 1. The molecule has 0 fully saturated rings. The maximum absolute atomic E-state index is 12.1. The van der Waals surface area contributed by atoms with Crippen LogP contribution in [0.25, 0.3) is 0 Å². The van der Waals surface area contributed by atoms with Gasteiger partial charge in [0.25, 0.3) is 10.1 Å². The first-order valence-electron chi connectivity index (χ1n) is 3.50. The molecule has 0 heterocycles. The Balaban J connectivity index is 5.44. The molecule has 1 N–H and O–H groups in total. The third kappa shape index (κ3) is 3.59. The minimum absolute atomic E-state index is 0.542. The number of ketones is 1. The van der Waals surface area contributed by atoms with Crippen molar-refractivity contribution in [3.8, 4) is 0 Å². The maximum atomic E-state index is 12.1. The van der Waals surface area contributed by atoms with E-state index in [1.807, 2.05) is 0 Å². The van der Waals surface area contributed by atoms with Crippen molar-refractivity contribution in [1.82, 2.24) is 0 Å². The van der Waals surface area contributed by atoms with E-state index in [2.05, 4.69) is 0 Å². The molecule has 0 aliphatic heterocycles. The lowest BCUT2D eigenvalue weighted by molar-refractivity contribution is -0.176. The summed E-state index contributed by atoms with van der Waals surface area (Å²) in [5.41, 5.74) is 0. The Morgan fingerprint density at radius 3 is 1.87 bits per heavy atom. The molecule has 2 unspecified atom stereocenters. The highest BCUT2D eigenvalue weighted by Crippen LogP contribution is 2.30. The fraction of sp³-hybridized carbons (Fsp3) is 0.667. The lowest BCUT2D eigenvalue weighted by Gasteiger charge is -2.19. The van der Waals surface area contributed by atoms with Crippen molar-refractivity contribution in [2.24, 2.45) is 5.92 Å². The van der Waals surface area contributed by atoms with E-state index in [1.165, 1.54) is 0 Å². The van der Waals surface area contributed by atoms with Crippen LogP contribution in [0, 0.1) is 5.92 Å². The predicted molar refractivity (Wildman–Crippen MR) is 41.6 cm³/mol. The van der Waals surface area contributed by atoms with Crippen LogP contribution in [0.2, 0.25) is 0 Å². The number of rotatable bonds is 4. The molecular weight excluding hydrogens is 241 g/mol. The summed E-state index contributed by atoms with van der Waals surface area (Å²) in [5, 5.41) is -2.80. The summed E-state index contributed by atoms with van der Waals surface area (Å²) in [6.45, 7) is 0.542. The molecule has 0 aliphatic rings. The molecular formula is C6H7F3O5S. The lowest BCUT2D eigenvalue weighted by atomic mass is 10.0. The smallest absolute Gasteiger partial charge is 0.303 e. The van der Waals surface area contributed by atoms with Crippen molar-refractivity contribution in [3.05, 3.63) is 0 Å². The summed E-state index contributed by atoms with van der Waals surface area (Å²) in [4.78, 5) is 20.7. The van der Waals surface area contributed by atoms with Gasteiger partial charge in [-0.05, 0) is 6.92 Å². The Hall–Kier alpha value is -0.960. The molecule has 9 heteroatoms. The van der Waals surface area contributed by atoms with Crippen LogP contribution in [0.3, 0.4) is 0 Å². The third-order valence-corrected chi connectivity index (χ3v) is 2.84. The van der Waals surface area contributed by atoms with Gasteiger partial charge in [0.1, 0.15) is 12.2 Å². The van der Waals surface area contributed by atoms with Gasteiger partial charge < -0.3 is 4.79 Å². The largest absolute Gasteiger partial charge is 0.400 e. The molecule has 0 amide bonds. The van der Waals surface area contributed by atoms with E-state index in [1.54, 1.807) is 0 Å². The summed E-state index contributed by atoms with van der Waals surface area (Å²) < 4.78 is 65.7. The second-order valence-corrected chi connectivity index (χ2v) is 4.29. The molecule has 0 saturated carbocycles. The van der Waals surface area contributed by atoms with E-state index in [0.717, 1.165) is 0 Å². The van der Waals surface area contributed by atoms with Crippen LogP contribution >= 0.6 is 0 Å². The van der Waals surface area contributed by atoms with Crippen molar-refractivity contribution in [2.45, 2.75) is 18.3 Å². The summed E-state index contributed by atoms with van der Waals surface area (Å²) in [5.74, 6) is -4.50. The van der Waals surface area contributed by atoms with Gasteiger partial charge in [-0.1, -0.05) is 0 Å². The van der Waals surface area contributed by atoms with E-state index in [4.69, 9.17) is 4.55 Å². The number of Topliss-reactive ketones (excluding diaryl/α,β-unsaturated/α-hetero) is 1. The van der Waals surface area contributed by atoms with E-state index in [-0.39, 0.29) is 0 Å². The average molecular weight is 248 g/mol. The summed E-state index contributed by atoms with van der Waals surface area (Å²) in [6, 6.07) is 0. The van der Waals surface area contributed by atoms with Crippen LogP contribution < -0.4 is 0 Å². The van der Waals surface area contributed by atoms with Gasteiger partial charge in [0.05, 0.1) is 0 Å². The van der Waals surface area contributed by atoms with E-state index in [9.17, 15) is 31.2 Å². The SMILES string of the molecule is CC(=O)C(C(C=O)C(F)(F)F)S(=O)(=O)O. The highest BCUT2D eigenvalue weighted by molar-refractivity contribution is 7.87. The van der Waals surface area contributed by atoms with Gasteiger partial charge in [-0.3, -0.25) is 9.35 Å². The molecule has 0 aromatic heterocycles. The molecule has 88 valence electrons. The number of hydrogen-bond donors (Lipinski definition) is 1. The summed E-state index contributed by atoms with van der Waals surface area (Å²) >= 11 is 0. The third-order valence-electron chi connectivity index (χ3n) is 1.57. The minimum atomic E-state index is -5.26. The van der Waals surface area contributed by atoms with Gasteiger partial charge >= 0.3 is 6.18 Å². The van der Waals surface area contributed by atoms with Crippen molar-refractivity contribution in [3.63, 3.8) is 0 Å². The normalized spacial score (nSPS) is 16.9. The molecule has 2 atom stereocenters. The topological polar surface area (TPSA) is 88.5 Å². The van der Waals surface area contributed by atoms with Crippen LogP contribution in [-0.4, -0.2) is 36.5 Å². The summed E-state index contributed by atoms with van der Waals surface area (Å²) in [7, 11) is -5.26. The number of alkyl halides is 3. The average Bonchev–Trinajstić information content (AvgIpc) is 1.93. The number of hydrogen-bond acceptors (Lipinski definition) is 4. The molecule has 0 radical (unpaired) electrons. The first kappa shape index (κ1) is 14.0. The van der Waals surface area contributed by atoms with E-state index < -0.39 is 39.5 Å². The predicted octanol–water partition coefficient (Wildman–Crippen LogP) is 0.209. The van der Waals surface area contributed by atoms with Gasteiger partial charge in [0.2, 0.25) is 0 Å². The van der Waals surface area contributed by atoms with Crippen molar-refractivity contribution in [2.75, 3.05) is 0 Å². The zero-order valence-corrected chi connectivity index (χ0v) is 8.17. The number of carbonyl (C=O) groups excluding carboxylic acids is 2. The number of carbonyl (C=O) groups is 2. The van der Waals surface area contributed by atoms with E-state index >= 15 is 0 Å². The lowest BCUT2D eigenvalue weighted by Crippen LogP contribution is -2.44. The van der Waals surface area contributed by atoms with Crippen LogP contribution in [0.5, 0.6) is 0 Å². The quantitative estimate of drug-likeness (QED) is 0.567. The standard InChI is InChI=1S/C6H7F3O5S/c1-3(11)5(15(12,13)14)4(2-10)6(7,8)9/h2,4-5H,1H3,(H,12,13,14). The maximum Gasteiger partial charge on any atom is 0.400 e. The molecule has 0 saturated heterocycles. The Labute approximate surface area is 83.0 Å². The molecule has 15 heavy (non-hydrogen) atoms. The van der Waals surface area contributed by atoms with Gasteiger partial charge in [0, 0.05) is 0 Å². The molecule has 0 aliphatic carbocycles. The van der Waals surface area contributed by atoms with Crippen LogP contribution in [0.1, 0.15) is 6.92 Å². The van der Waals surface area contributed by atoms with Crippen LogP contribution in [-0.2, 0) is 19.7 Å². The fourth-order valence-electron chi connectivity index (χ4n) is 0.968. The Morgan fingerprint density at radius 2 is 1.80 bits per heavy atom. The minimum Gasteiger partial charge on any atom is -0.303 e. The monoisotopic (exact) mass is 248 g/mol. The van der Waals surface area contributed by atoms with Crippen LogP contribution in [0.4, 0.5) is 13.2 Å². The van der Waals surface area contributed by atoms with Crippen molar-refractivity contribution < 1.29 is 35.7 Å².